The summed E-state index contributed by atoms with van der Waals surface area (Å²) in [6.45, 7) is 3.41. The number of nitrogens with zero attached hydrogens (tertiary/aromatic N) is 1. The van der Waals surface area contributed by atoms with Gasteiger partial charge in [-0.15, -0.1) is 0 Å². The lowest BCUT2D eigenvalue weighted by molar-refractivity contribution is 0.263. The van der Waals surface area contributed by atoms with Gasteiger partial charge in [0.25, 0.3) is 0 Å². The topological polar surface area (TPSA) is 50.4 Å². The maximum atomic E-state index is 5.57. The quantitative estimate of drug-likeness (QED) is 0.773. The first kappa shape index (κ1) is 8.73. The van der Waals surface area contributed by atoms with Crippen molar-refractivity contribution in [1.29, 1.82) is 0 Å². The average Bonchev–Trinajstić information content (AvgIpc) is 2.96. The van der Waals surface area contributed by atoms with Crippen molar-refractivity contribution in [2.24, 2.45) is 0 Å². The molecule has 3 rings (SSSR count). The summed E-state index contributed by atoms with van der Waals surface area (Å²) in [5, 5.41) is 0. The zero-order chi connectivity index (χ0) is 10.3. The SMILES string of the molecule is Cc1nc2ccc(OC[C@@H]3CO3)cc2[nH]1. The number of rotatable bonds is 3. The van der Waals surface area contributed by atoms with Gasteiger partial charge >= 0.3 is 0 Å². The van der Waals surface area contributed by atoms with E-state index in [-0.39, 0.29) is 0 Å². The number of benzene rings is 1. The third-order valence-electron chi connectivity index (χ3n) is 2.41. The largest absolute Gasteiger partial charge is 0.491 e. The minimum atomic E-state index is 0.296. The molecular weight excluding hydrogens is 192 g/mol. The van der Waals surface area contributed by atoms with Crippen LogP contribution in [0.3, 0.4) is 0 Å². The number of epoxide rings is 1. The van der Waals surface area contributed by atoms with Crippen molar-refractivity contribution in [2.45, 2.75) is 13.0 Å². The Labute approximate surface area is 87.2 Å². The molecule has 78 valence electrons. The second-order valence-electron chi connectivity index (χ2n) is 3.77. The van der Waals surface area contributed by atoms with E-state index in [1.165, 1.54) is 0 Å². The highest BCUT2D eigenvalue weighted by atomic mass is 16.6. The maximum Gasteiger partial charge on any atom is 0.121 e. The van der Waals surface area contributed by atoms with Gasteiger partial charge in [0.1, 0.15) is 24.3 Å². The van der Waals surface area contributed by atoms with E-state index in [4.69, 9.17) is 9.47 Å². The fourth-order valence-corrected chi connectivity index (χ4v) is 1.56. The van der Waals surface area contributed by atoms with Crippen LogP contribution in [0.1, 0.15) is 5.82 Å². The molecule has 0 radical (unpaired) electrons. The van der Waals surface area contributed by atoms with E-state index >= 15 is 0 Å². The van der Waals surface area contributed by atoms with Crippen LogP contribution in [-0.2, 0) is 4.74 Å². The third kappa shape index (κ3) is 1.80. The highest BCUT2D eigenvalue weighted by molar-refractivity contribution is 5.76. The zero-order valence-electron chi connectivity index (χ0n) is 8.49. The summed E-state index contributed by atoms with van der Waals surface area (Å²) >= 11 is 0. The van der Waals surface area contributed by atoms with Crippen molar-refractivity contribution < 1.29 is 9.47 Å². The summed E-state index contributed by atoms with van der Waals surface area (Å²) in [5.74, 6) is 1.79. The number of hydrogen-bond acceptors (Lipinski definition) is 3. The Balaban J connectivity index is 1.84. The molecule has 1 N–H and O–H groups in total. The van der Waals surface area contributed by atoms with Crippen molar-refractivity contribution in [3.8, 4) is 5.75 Å². The van der Waals surface area contributed by atoms with Gasteiger partial charge in [-0.1, -0.05) is 0 Å². The number of imidazole rings is 1. The number of H-pyrrole nitrogens is 1. The number of ether oxygens (including phenoxy) is 2. The van der Waals surface area contributed by atoms with Crippen LogP contribution >= 0.6 is 0 Å². The molecule has 1 aromatic carbocycles. The Morgan fingerprint density at radius 3 is 3.27 bits per heavy atom. The molecule has 2 aromatic rings. The van der Waals surface area contributed by atoms with E-state index < -0.39 is 0 Å². The molecule has 1 aliphatic heterocycles. The molecular formula is C11H12N2O2. The fraction of sp³-hybridized carbons (Fsp3) is 0.364. The molecule has 2 heterocycles. The lowest BCUT2D eigenvalue weighted by atomic mass is 10.3. The first-order valence-corrected chi connectivity index (χ1v) is 5.02. The number of aromatic amines is 1. The second-order valence-corrected chi connectivity index (χ2v) is 3.77. The van der Waals surface area contributed by atoms with E-state index in [9.17, 15) is 0 Å². The number of aryl methyl sites for hydroxylation is 1. The molecule has 1 saturated heterocycles. The molecule has 4 nitrogen and oxygen atoms in total. The number of hydrogen-bond donors (Lipinski definition) is 1. The van der Waals surface area contributed by atoms with Crippen LogP contribution in [0.25, 0.3) is 11.0 Å². The smallest absolute Gasteiger partial charge is 0.121 e. The average molecular weight is 204 g/mol. The van der Waals surface area contributed by atoms with E-state index in [1.54, 1.807) is 0 Å². The second kappa shape index (κ2) is 3.24. The normalized spacial score (nSPS) is 19.4. The molecule has 15 heavy (non-hydrogen) atoms. The summed E-state index contributed by atoms with van der Waals surface area (Å²) in [5.41, 5.74) is 1.99. The van der Waals surface area contributed by atoms with Crippen molar-refractivity contribution in [3.05, 3.63) is 24.0 Å². The number of nitrogens with one attached hydrogen (secondary N) is 1. The predicted octanol–water partition coefficient (Wildman–Crippen LogP) is 1.65. The van der Waals surface area contributed by atoms with Gasteiger partial charge in [0, 0.05) is 6.07 Å². The van der Waals surface area contributed by atoms with Crippen LogP contribution in [-0.4, -0.2) is 29.3 Å². The van der Waals surface area contributed by atoms with E-state index in [2.05, 4.69) is 9.97 Å². The van der Waals surface area contributed by atoms with Gasteiger partial charge in [0.15, 0.2) is 0 Å². The summed E-state index contributed by atoms with van der Waals surface area (Å²) in [6, 6.07) is 5.87. The molecule has 0 unspecified atom stereocenters. The Hall–Kier alpha value is -1.55. The van der Waals surface area contributed by atoms with Crippen LogP contribution in [0.4, 0.5) is 0 Å². The lowest BCUT2D eigenvalue weighted by Gasteiger charge is -2.02. The molecule has 0 amide bonds. The Kier molecular flexibility index (Phi) is 1.89. The monoisotopic (exact) mass is 204 g/mol. The number of aromatic nitrogens is 2. The summed E-state index contributed by atoms with van der Waals surface area (Å²) in [4.78, 5) is 7.51. The third-order valence-corrected chi connectivity index (χ3v) is 2.41. The molecule has 0 bridgehead atoms. The van der Waals surface area contributed by atoms with E-state index in [1.807, 2.05) is 25.1 Å². The van der Waals surface area contributed by atoms with Crippen LogP contribution in [0, 0.1) is 6.92 Å². The van der Waals surface area contributed by atoms with Gasteiger partial charge in [0.2, 0.25) is 0 Å². The standard InChI is InChI=1S/C11H12N2O2/c1-7-12-10-3-2-8(4-11(10)13-7)14-5-9-6-15-9/h2-4,9H,5-6H2,1H3,(H,12,13)/t9-/m1/s1. The van der Waals surface area contributed by atoms with Gasteiger partial charge in [-0.2, -0.15) is 0 Å². The first-order chi connectivity index (χ1) is 7.31. The molecule has 0 saturated carbocycles. The molecule has 1 fully saturated rings. The molecule has 1 aromatic heterocycles. The van der Waals surface area contributed by atoms with Gasteiger partial charge in [-0.25, -0.2) is 4.98 Å². The van der Waals surface area contributed by atoms with Crippen molar-refractivity contribution in [1.82, 2.24) is 9.97 Å². The molecule has 0 aliphatic carbocycles. The molecule has 0 spiro atoms. The summed E-state index contributed by atoms with van der Waals surface area (Å²) in [6.07, 6.45) is 0.296. The highest BCUT2D eigenvalue weighted by Gasteiger charge is 2.23. The Morgan fingerprint density at radius 2 is 2.47 bits per heavy atom. The predicted molar refractivity (Wildman–Crippen MR) is 56.1 cm³/mol. The van der Waals surface area contributed by atoms with Gasteiger partial charge < -0.3 is 14.5 Å². The fourth-order valence-electron chi connectivity index (χ4n) is 1.56. The van der Waals surface area contributed by atoms with Gasteiger partial charge in [-0.3, -0.25) is 0 Å². The Morgan fingerprint density at radius 1 is 1.60 bits per heavy atom. The highest BCUT2D eigenvalue weighted by Crippen LogP contribution is 2.20. The lowest BCUT2D eigenvalue weighted by Crippen LogP contribution is -2.03. The maximum absolute atomic E-state index is 5.57. The minimum absolute atomic E-state index is 0.296. The molecule has 4 heteroatoms. The summed E-state index contributed by atoms with van der Waals surface area (Å²) < 4.78 is 10.7. The van der Waals surface area contributed by atoms with Gasteiger partial charge in [-0.05, 0) is 19.1 Å². The van der Waals surface area contributed by atoms with E-state index in [0.717, 1.165) is 29.2 Å². The van der Waals surface area contributed by atoms with E-state index in [0.29, 0.717) is 12.7 Å². The van der Waals surface area contributed by atoms with Crippen LogP contribution in [0.5, 0.6) is 5.75 Å². The van der Waals surface area contributed by atoms with Gasteiger partial charge in [0.05, 0.1) is 17.6 Å². The number of fused-ring (bicyclic) bond motifs is 1. The summed E-state index contributed by atoms with van der Waals surface area (Å²) in [7, 11) is 0. The molecule has 1 atom stereocenters. The zero-order valence-corrected chi connectivity index (χ0v) is 8.49. The molecule has 1 aliphatic rings. The van der Waals surface area contributed by atoms with Crippen LogP contribution in [0.2, 0.25) is 0 Å². The van der Waals surface area contributed by atoms with Crippen molar-refractivity contribution in [2.75, 3.05) is 13.2 Å². The van der Waals surface area contributed by atoms with Crippen LogP contribution < -0.4 is 4.74 Å². The van der Waals surface area contributed by atoms with Crippen molar-refractivity contribution in [3.63, 3.8) is 0 Å². The Bertz CT molecular complexity index is 488. The van der Waals surface area contributed by atoms with Crippen molar-refractivity contribution >= 4 is 11.0 Å². The van der Waals surface area contributed by atoms with Crippen LogP contribution in [0.15, 0.2) is 18.2 Å². The minimum Gasteiger partial charge on any atom is -0.491 e. The first-order valence-electron chi connectivity index (χ1n) is 5.02.